The Morgan fingerprint density at radius 1 is 1.28 bits per heavy atom. The van der Waals surface area contributed by atoms with Gasteiger partial charge in [0, 0.05) is 11.0 Å². The summed E-state index contributed by atoms with van der Waals surface area (Å²) < 4.78 is 5.21. The zero-order valence-corrected chi connectivity index (χ0v) is 11.5. The third kappa shape index (κ3) is 1.43. The molecule has 0 aromatic carbocycles. The van der Waals surface area contributed by atoms with E-state index in [1.807, 2.05) is 0 Å². The van der Waals surface area contributed by atoms with E-state index in [0.29, 0.717) is 13.0 Å². The normalized spacial score (nSPS) is 42.3. The first kappa shape index (κ1) is 12.2. The predicted octanol–water partition coefficient (Wildman–Crippen LogP) is 2.44. The summed E-state index contributed by atoms with van der Waals surface area (Å²) in [5, 5.41) is 10.5. The number of cyclic esters (lactones) is 1. The van der Waals surface area contributed by atoms with Crippen molar-refractivity contribution >= 4 is 5.97 Å². The van der Waals surface area contributed by atoms with Crippen LogP contribution in [0, 0.1) is 16.7 Å². The smallest absolute Gasteiger partial charge is 0.334 e. The van der Waals surface area contributed by atoms with Gasteiger partial charge in [0.25, 0.3) is 0 Å². The average Bonchev–Trinajstić information content (AvgIpc) is 2.58. The minimum Gasteiger partial charge on any atom is -0.458 e. The molecule has 0 saturated heterocycles. The van der Waals surface area contributed by atoms with Crippen LogP contribution in [0.15, 0.2) is 11.1 Å². The van der Waals surface area contributed by atoms with E-state index in [9.17, 15) is 9.90 Å². The minimum atomic E-state index is -0.335. The van der Waals surface area contributed by atoms with Gasteiger partial charge in [0.2, 0.25) is 0 Å². The maximum atomic E-state index is 12.0. The summed E-state index contributed by atoms with van der Waals surface area (Å²) in [7, 11) is 0. The van der Waals surface area contributed by atoms with Crippen LogP contribution in [-0.2, 0) is 9.53 Å². The molecule has 1 saturated carbocycles. The predicted molar refractivity (Wildman–Crippen MR) is 67.8 cm³/mol. The third-order valence-electron chi connectivity index (χ3n) is 5.39. The summed E-state index contributed by atoms with van der Waals surface area (Å²) in [5.41, 5.74) is 1.84. The van der Waals surface area contributed by atoms with Gasteiger partial charge in [-0.25, -0.2) is 4.79 Å². The molecule has 0 aromatic rings. The molecule has 3 heteroatoms. The zero-order valence-electron chi connectivity index (χ0n) is 11.5. The maximum absolute atomic E-state index is 12.0. The number of fused-ring (bicyclic) bond motifs is 2. The minimum absolute atomic E-state index is 0.0911. The molecule has 0 spiro atoms. The van der Waals surface area contributed by atoms with Crippen molar-refractivity contribution in [1.29, 1.82) is 0 Å². The number of ether oxygens (including phenoxy) is 1. The van der Waals surface area contributed by atoms with Gasteiger partial charge < -0.3 is 9.84 Å². The van der Waals surface area contributed by atoms with Crippen molar-refractivity contribution in [3.63, 3.8) is 0 Å². The van der Waals surface area contributed by atoms with Crippen molar-refractivity contribution in [3.8, 4) is 0 Å². The second-order valence-corrected chi connectivity index (χ2v) is 7.06. The molecule has 0 bridgehead atoms. The largest absolute Gasteiger partial charge is 0.458 e. The van der Waals surface area contributed by atoms with E-state index < -0.39 is 0 Å². The molecular formula is C15H22O3. The number of hydrogen-bond donors (Lipinski definition) is 1. The lowest BCUT2D eigenvalue weighted by Gasteiger charge is -2.55. The van der Waals surface area contributed by atoms with Crippen LogP contribution in [0.25, 0.3) is 0 Å². The SMILES string of the molecule is CC1(C)CCC[C@]2(C)C3=C(COC3=O)C[C@H](O)[C@@H]12. The zero-order chi connectivity index (χ0) is 13.1. The Kier molecular flexibility index (Phi) is 2.44. The van der Waals surface area contributed by atoms with Crippen LogP contribution >= 0.6 is 0 Å². The molecule has 1 heterocycles. The molecule has 1 N–H and O–H groups in total. The Morgan fingerprint density at radius 2 is 2.00 bits per heavy atom. The van der Waals surface area contributed by atoms with Crippen molar-refractivity contribution in [1.82, 2.24) is 0 Å². The van der Waals surface area contributed by atoms with Crippen molar-refractivity contribution in [2.75, 3.05) is 6.61 Å². The number of rotatable bonds is 0. The Balaban J connectivity index is 2.13. The summed E-state index contributed by atoms with van der Waals surface area (Å²) >= 11 is 0. The van der Waals surface area contributed by atoms with Gasteiger partial charge in [-0.05, 0) is 36.2 Å². The van der Waals surface area contributed by atoms with Crippen LogP contribution in [0.2, 0.25) is 0 Å². The highest BCUT2D eigenvalue weighted by atomic mass is 16.5. The van der Waals surface area contributed by atoms with Crippen LogP contribution < -0.4 is 0 Å². The molecule has 0 aromatic heterocycles. The Morgan fingerprint density at radius 3 is 2.72 bits per heavy atom. The van der Waals surface area contributed by atoms with E-state index in [0.717, 1.165) is 30.4 Å². The summed E-state index contributed by atoms with van der Waals surface area (Å²) in [6.45, 7) is 7.01. The molecule has 3 nitrogen and oxygen atoms in total. The van der Waals surface area contributed by atoms with Crippen LogP contribution in [0.4, 0.5) is 0 Å². The average molecular weight is 250 g/mol. The number of aliphatic hydroxyl groups is 1. The van der Waals surface area contributed by atoms with Gasteiger partial charge >= 0.3 is 5.97 Å². The highest BCUT2D eigenvalue weighted by Crippen LogP contribution is 2.60. The van der Waals surface area contributed by atoms with Crippen LogP contribution in [-0.4, -0.2) is 23.8 Å². The van der Waals surface area contributed by atoms with Crippen molar-refractivity contribution in [3.05, 3.63) is 11.1 Å². The Labute approximate surface area is 108 Å². The molecule has 1 aliphatic heterocycles. The second kappa shape index (κ2) is 3.60. The first-order valence-electron chi connectivity index (χ1n) is 6.94. The van der Waals surface area contributed by atoms with Crippen LogP contribution in [0.5, 0.6) is 0 Å². The Hall–Kier alpha value is -0.830. The first-order chi connectivity index (χ1) is 8.36. The summed E-state index contributed by atoms with van der Waals surface area (Å²) in [6.07, 6.45) is 3.52. The van der Waals surface area contributed by atoms with Crippen molar-refractivity contribution in [2.45, 2.75) is 52.6 Å². The molecule has 18 heavy (non-hydrogen) atoms. The molecule has 1 fully saturated rings. The number of carbonyl (C=O) groups is 1. The van der Waals surface area contributed by atoms with E-state index in [1.54, 1.807) is 0 Å². The van der Waals surface area contributed by atoms with Gasteiger partial charge in [-0.1, -0.05) is 27.2 Å². The van der Waals surface area contributed by atoms with Gasteiger partial charge in [-0.2, -0.15) is 0 Å². The number of esters is 1. The number of hydrogen-bond acceptors (Lipinski definition) is 3. The molecular weight excluding hydrogens is 228 g/mol. The van der Waals surface area contributed by atoms with Crippen LogP contribution in [0.1, 0.15) is 46.5 Å². The molecule has 0 amide bonds. The molecule has 2 aliphatic carbocycles. The molecule has 3 atom stereocenters. The standard InChI is InChI=1S/C15H22O3/c1-14(2)5-4-6-15(3)11-9(8-18-13(11)17)7-10(16)12(14)15/h10,12,16H,4-8H2,1-3H3/t10-,12-,15+/m0/s1. The third-order valence-corrected chi connectivity index (χ3v) is 5.39. The van der Waals surface area contributed by atoms with Crippen molar-refractivity contribution < 1.29 is 14.6 Å². The summed E-state index contributed by atoms with van der Waals surface area (Å²) in [6, 6.07) is 0. The molecule has 0 radical (unpaired) electrons. The molecule has 3 aliphatic rings. The molecule has 3 rings (SSSR count). The van der Waals surface area contributed by atoms with Gasteiger partial charge in [0.1, 0.15) is 6.61 Å². The fraction of sp³-hybridized carbons (Fsp3) is 0.800. The number of aliphatic hydroxyl groups excluding tert-OH is 1. The summed E-state index contributed by atoms with van der Waals surface area (Å²) in [4.78, 5) is 12.0. The van der Waals surface area contributed by atoms with Gasteiger partial charge in [0.05, 0.1) is 6.10 Å². The highest BCUT2D eigenvalue weighted by molar-refractivity contribution is 5.93. The lowest BCUT2D eigenvalue weighted by molar-refractivity contribution is -0.139. The quantitative estimate of drug-likeness (QED) is 0.672. The van der Waals surface area contributed by atoms with E-state index in [4.69, 9.17) is 4.74 Å². The fourth-order valence-electron chi connectivity index (χ4n) is 4.92. The fourth-order valence-corrected chi connectivity index (χ4v) is 4.92. The van der Waals surface area contributed by atoms with E-state index >= 15 is 0 Å². The molecule has 100 valence electrons. The lowest BCUT2D eigenvalue weighted by Crippen LogP contribution is -2.52. The first-order valence-corrected chi connectivity index (χ1v) is 6.94. The lowest BCUT2D eigenvalue weighted by atomic mass is 9.49. The van der Waals surface area contributed by atoms with E-state index in [2.05, 4.69) is 20.8 Å². The van der Waals surface area contributed by atoms with E-state index in [1.165, 1.54) is 0 Å². The van der Waals surface area contributed by atoms with Crippen molar-refractivity contribution in [2.24, 2.45) is 16.7 Å². The van der Waals surface area contributed by atoms with Gasteiger partial charge in [-0.15, -0.1) is 0 Å². The maximum Gasteiger partial charge on any atom is 0.334 e. The molecule has 0 unspecified atom stereocenters. The second-order valence-electron chi connectivity index (χ2n) is 7.06. The van der Waals surface area contributed by atoms with E-state index in [-0.39, 0.29) is 28.8 Å². The van der Waals surface area contributed by atoms with Crippen LogP contribution in [0.3, 0.4) is 0 Å². The Bertz CT molecular complexity index is 435. The number of carbonyl (C=O) groups excluding carboxylic acids is 1. The van der Waals surface area contributed by atoms with Gasteiger partial charge in [-0.3, -0.25) is 0 Å². The highest BCUT2D eigenvalue weighted by Gasteiger charge is 2.57. The topological polar surface area (TPSA) is 46.5 Å². The van der Waals surface area contributed by atoms with Gasteiger partial charge in [0.15, 0.2) is 0 Å². The monoisotopic (exact) mass is 250 g/mol. The summed E-state index contributed by atoms with van der Waals surface area (Å²) in [5.74, 6) is 0.0326.